The summed E-state index contributed by atoms with van der Waals surface area (Å²) < 4.78 is 7.36. The van der Waals surface area contributed by atoms with Crippen molar-refractivity contribution in [3.63, 3.8) is 0 Å². The molecule has 0 amide bonds. The average molecular weight is 598 g/mol. The van der Waals surface area contributed by atoms with E-state index in [-0.39, 0.29) is 10.8 Å². The number of anilines is 1. The predicted octanol–water partition coefficient (Wildman–Crippen LogP) is 9.27. The van der Waals surface area contributed by atoms with Gasteiger partial charge >= 0.3 is 0 Å². The number of fused-ring (bicyclic) bond motifs is 2. The van der Waals surface area contributed by atoms with Crippen molar-refractivity contribution in [3.8, 4) is 0 Å². The Morgan fingerprint density at radius 3 is 2.42 bits per heavy atom. The number of unbranched alkanes of at least 4 members (excludes halogenated alkanes) is 2. The summed E-state index contributed by atoms with van der Waals surface area (Å²) in [6, 6.07) is 17.5. The quantitative estimate of drug-likeness (QED) is 0.147. The predicted molar refractivity (Wildman–Crippen MR) is 180 cm³/mol. The zero-order valence-corrected chi connectivity index (χ0v) is 27.2. The van der Waals surface area contributed by atoms with Crippen molar-refractivity contribution in [3.05, 3.63) is 106 Å². The highest BCUT2D eigenvalue weighted by molar-refractivity contribution is 6.32. The van der Waals surface area contributed by atoms with Crippen LogP contribution < -0.4 is 4.90 Å². The first-order chi connectivity index (χ1) is 20.7. The SMILES string of the molecule is CCN1/C(=C/C=C2\CCCC(/C=C/C3=[N+](CCCCCOC=O)c4ccccc4C3(C)C)=C2Cl)C(C)(C)c2ccccc21. The van der Waals surface area contributed by atoms with Gasteiger partial charge in [0, 0.05) is 52.5 Å². The van der Waals surface area contributed by atoms with Crippen molar-refractivity contribution in [2.75, 3.05) is 24.6 Å². The maximum Gasteiger partial charge on any atom is 0.293 e. The second kappa shape index (κ2) is 13.1. The number of carbonyl (C=O) groups is 1. The molecule has 0 fully saturated rings. The molecule has 4 nitrogen and oxygen atoms in total. The van der Waals surface area contributed by atoms with Crippen LogP contribution >= 0.6 is 11.6 Å². The maximum atomic E-state index is 10.5. The van der Waals surface area contributed by atoms with E-state index >= 15 is 0 Å². The Balaban J connectivity index is 1.43. The lowest BCUT2D eigenvalue weighted by atomic mass is 9.81. The Hall–Kier alpha value is -3.37. The van der Waals surface area contributed by atoms with Gasteiger partial charge in [0.15, 0.2) is 5.71 Å². The van der Waals surface area contributed by atoms with Gasteiger partial charge in [-0.05, 0) is 81.7 Å². The lowest BCUT2D eigenvalue weighted by molar-refractivity contribution is -0.438. The van der Waals surface area contributed by atoms with Crippen molar-refractivity contribution in [2.24, 2.45) is 0 Å². The molecule has 2 aromatic carbocycles. The summed E-state index contributed by atoms with van der Waals surface area (Å²) in [6.07, 6.45) is 15.2. The van der Waals surface area contributed by atoms with Gasteiger partial charge in [-0.25, -0.2) is 0 Å². The molecule has 226 valence electrons. The van der Waals surface area contributed by atoms with Gasteiger partial charge in [-0.2, -0.15) is 4.58 Å². The maximum absolute atomic E-state index is 10.5. The van der Waals surface area contributed by atoms with Crippen LogP contribution in [0.4, 0.5) is 11.4 Å². The highest BCUT2D eigenvalue weighted by Gasteiger charge is 2.44. The molecule has 5 heteroatoms. The summed E-state index contributed by atoms with van der Waals surface area (Å²) in [5.41, 5.74) is 10.2. The fourth-order valence-corrected chi connectivity index (χ4v) is 7.43. The zero-order valence-electron chi connectivity index (χ0n) is 26.5. The molecule has 0 aromatic heterocycles. The molecule has 0 saturated carbocycles. The molecule has 0 saturated heterocycles. The molecule has 0 unspecified atom stereocenters. The van der Waals surface area contributed by atoms with Crippen molar-refractivity contribution in [2.45, 2.75) is 84.0 Å². The minimum atomic E-state index is -0.106. The third kappa shape index (κ3) is 6.04. The van der Waals surface area contributed by atoms with E-state index in [9.17, 15) is 4.79 Å². The van der Waals surface area contributed by atoms with Gasteiger partial charge in [-0.1, -0.05) is 74.0 Å². The van der Waals surface area contributed by atoms with Gasteiger partial charge < -0.3 is 9.64 Å². The summed E-state index contributed by atoms with van der Waals surface area (Å²) >= 11 is 7.15. The van der Waals surface area contributed by atoms with Crippen molar-refractivity contribution in [1.29, 1.82) is 0 Å². The minimum Gasteiger partial charge on any atom is -0.468 e. The second-order valence-electron chi connectivity index (χ2n) is 12.9. The van der Waals surface area contributed by atoms with Crippen LogP contribution in [0.2, 0.25) is 0 Å². The Morgan fingerprint density at radius 1 is 0.907 bits per heavy atom. The highest BCUT2D eigenvalue weighted by atomic mass is 35.5. The molecule has 2 aliphatic heterocycles. The topological polar surface area (TPSA) is 32.5 Å². The van der Waals surface area contributed by atoms with Crippen LogP contribution in [0, 0.1) is 0 Å². The van der Waals surface area contributed by atoms with Crippen molar-refractivity contribution < 1.29 is 14.1 Å². The number of hydrogen-bond donors (Lipinski definition) is 0. The molecule has 1 aliphatic carbocycles. The van der Waals surface area contributed by atoms with Crippen molar-refractivity contribution >= 4 is 35.2 Å². The molecule has 0 spiro atoms. The Labute approximate surface area is 263 Å². The summed E-state index contributed by atoms with van der Waals surface area (Å²) in [5.74, 6) is 0. The number of para-hydroxylation sites is 2. The van der Waals surface area contributed by atoms with E-state index in [1.807, 2.05) is 0 Å². The summed E-state index contributed by atoms with van der Waals surface area (Å²) in [5, 5.41) is 0.895. The van der Waals surface area contributed by atoms with E-state index in [0.717, 1.165) is 56.6 Å². The molecule has 0 radical (unpaired) electrons. The van der Waals surface area contributed by atoms with E-state index in [4.69, 9.17) is 16.3 Å². The molecule has 2 aromatic rings. The van der Waals surface area contributed by atoms with Gasteiger partial charge in [-0.3, -0.25) is 4.79 Å². The van der Waals surface area contributed by atoms with Gasteiger partial charge in [0.05, 0.1) is 12.0 Å². The van der Waals surface area contributed by atoms with Crippen LogP contribution in [0.1, 0.15) is 84.3 Å². The summed E-state index contributed by atoms with van der Waals surface area (Å²) in [6.45, 7) is 14.4. The fourth-order valence-electron chi connectivity index (χ4n) is 7.11. The minimum absolute atomic E-state index is 0.0536. The van der Waals surface area contributed by atoms with E-state index < -0.39 is 0 Å². The van der Waals surface area contributed by atoms with Crippen LogP contribution in [-0.4, -0.2) is 36.5 Å². The number of ether oxygens (including phenoxy) is 1. The number of nitrogens with zero attached hydrogens (tertiary/aromatic N) is 2. The van der Waals surface area contributed by atoms with E-state index in [2.05, 4.69) is 117 Å². The fraction of sp³-hybridized carbons (Fsp3) is 0.421. The largest absolute Gasteiger partial charge is 0.468 e. The highest BCUT2D eigenvalue weighted by Crippen LogP contribution is 2.47. The first kappa shape index (κ1) is 31.1. The number of carbonyl (C=O) groups excluding carboxylic acids is 1. The molecular formula is C38H46ClN2O2+. The number of rotatable bonds is 11. The van der Waals surface area contributed by atoms with Crippen LogP contribution in [0.15, 0.2) is 94.7 Å². The third-order valence-corrected chi connectivity index (χ3v) is 9.95. The lowest BCUT2D eigenvalue weighted by Crippen LogP contribution is -2.28. The number of hydrogen-bond acceptors (Lipinski definition) is 3. The van der Waals surface area contributed by atoms with Gasteiger partial charge in [0.1, 0.15) is 6.54 Å². The van der Waals surface area contributed by atoms with E-state index in [1.165, 1.54) is 45.1 Å². The molecule has 0 bridgehead atoms. The second-order valence-corrected chi connectivity index (χ2v) is 13.2. The van der Waals surface area contributed by atoms with E-state index in [1.54, 1.807) is 0 Å². The van der Waals surface area contributed by atoms with Crippen LogP contribution in [0.3, 0.4) is 0 Å². The average Bonchev–Trinajstić information content (AvgIpc) is 3.36. The molecule has 2 heterocycles. The first-order valence-electron chi connectivity index (χ1n) is 15.9. The summed E-state index contributed by atoms with van der Waals surface area (Å²) in [4.78, 5) is 12.9. The molecule has 43 heavy (non-hydrogen) atoms. The van der Waals surface area contributed by atoms with E-state index in [0.29, 0.717) is 13.1 Å². The van der Waals surface area contributed by atoms with Gasteiger partial charge in [0.25, 0.3) is 6.47 Å². The standard InChI is InChI=1S/C38H46ClN2O2/c1-6-40-32-19-10-8-17-30(32)37(2,3)34(40)23-21-28-15-14-16-29(36(28)39)22-24-35-38(4,5)31-18-9-11-20-33(31)41(35)25-12-7-13-26-43-27-42/h8-11,17-24,27H,6-7,12-16,25-26H2,1-5H3/q+1. The molecular weight excluding hydrogens is 552 g/mol. The van der Waals surface area contributed by atoms with Crippen LogP contribution in [0.25, 0.3) is 0 Å². The number of halogens is 1. The molecule has 0 N–H and O–H groups in total. The Morgan fingerprint density at radius 2 is 1.65 bits per heavy atom. The molecule has 5 rings (SSSR count). The first-order valence-corrected chi connectivity index (χ1v) is 16.2. The third-order valence-electron chi connectivity index (χ3n) is 9.47. The van der Waals surface area contributed by atoms with Crippen LogP contribution in [-0.2, 0) is 20.4 Å². The number of allylic oxidation sites excluding steroid dienone is 8. The van der Waals surface area contributed by atoms with Gasteiger partial charge in [-0.15, -0.1) is 0 Å². The normalized spacial score (nSPS) is 20.8. The zero-order chi connectivity index (χ0) is 30.6. The van der Waals surface area contributed by atoms with Crippen LogP contribution in [0.5, 0.6) is 0 Å². The summed E-state index contributed by atoms with van der Waals surface area (Å²) in [7, 11) is 0. The van der Waals surface area contributed by atoms with Gasteiger partial charge in [0.2, 0.25) is 5.69 Å². The Kier molecular flexibility index (Phi) is 9.46. The number of likely N-dealkylation sites (N-methyl/N-ethyl adjacent to an activating group) is 1. The molecule has 3 aliphatic rings. The molecule has 0 atom stereocenters. The Bertz CT molecular complexity index is 1520. The monoisotopic (exact) mass is 597 g/mol. The lowest BCUT2D eigenvalue weighted by Gasteiger charge is -2.26. The number of benzene rings is 2. The smallest absolute Gasteiger partial charge is 0.293 e. The van der Waals surface area contributed by atoms with Crippen molar-refractivity contribution in [1.82, 2.24) is 0 Å².